The third-order valence-electron chi connectivity index (χ3n) is 2.61. The molecular formula is C12H14N2O3. The number of carbonyl (C=O) groups is 2. The third-order valence-corrected chi connectivity index (χ3v) is 2.61. The Morgan fingerprint density at radius 2 is 2.00 bits per heavy atom. The molecule has 2 amide bonds. The molecular weight excluding hydrogens is 220 g/mol. The van der Waals surface area contributed by atoms with Gasteiger partial charge < -0.3 is 15.4 Å². The van der Waals surface area contributed by atoms with Crippen LogP contribution in [0.2, 0.25) is 0 Å². The Morgan fingerprint density at radius 3 is 2.65 bits per heavy atom. The minimum atomic E-state index is -0.662. The normalized spacial score (nSPS) is 22.8. The van der Waals surface area contributed by atoms with Gasteiger partial charge in [-0.2, -0.15) is 0 Å². The van der Waals surface area contributed by atoms with Crippen LogP contribution in [-0.2, 0) is 9.53 Å². The number of ether oxygens (including phenoxy) is 1. The van der Waals surface area contributed by atoms with Crippen LogP contribution in [0.15, 0.2) is 30.3 Å². The van der Waals surface area contributed by atoms with E-state index in [1.165, 1.54) is 0 Å². The van der Waals surface area contributed by atoms with Crippen molar-refractivity contribution < 1.29 is 14.3 Å². The second kappa shape index (κ2) is 4.86. The van der Waals surface area contributed by atoms with Crippen molar-refractivity contribution in [3.8, 4) is 0 Å². The molecule has 1 saturated heterocycles. The molecule has 5 nitrogen and oxygen atoms in total. The van der Waals surface area contributed by atoms with E-state index in [9.17, 15) is 9.59 Å². The van der Waals surface area contributed by atoms with Gasteiger partial charge >= 0.3 is 12.0 Å². The molecule has 0 spiro atoms. The van der Waals surface area contributed by atoms with E-state index in [4.69, 9.17) is 4.74 Å². The summed E-state index contributed by atoms with van der Waals surface area (Å²) >= 11 is 0. The largest absolute Gasteiger partial charge is 0.464 e. The number of esters is 1. The lowest BCUT2D eigenvalue weighted by Gasteiger charge is -2.16. The van der Waals surface area contributed by atoms with Crippen molar-refractivity contribution in [2.24, 2.45) is 0 Å². The van der Waals surface area contributed by atoms with E-state index < -0.39 is 12.0 Å². The van der Waals surface area contributed by atoms with Gasteiger partial charge in [-0.1, -0.05) is 30.3 Å². The molecule has 1 aliphatic heterocycles. The highest BCUT2D eigenvalue weighted by Crippen LogP contribution is 2.21. The number of benzene rings is 1. The fraction of sp³-hybridized carbons (Fsp3) is 0.333. The number of hydrogen-bond donors (Lipinski definition) is 2. The number of nitrogens with one attached hydrogen (secondary N) is 2. The van der Waals surface area contributed by atoms with Crippen LogP contribution < -0.4 is 10.6 Å². The molecule has 0 aromatic heterocycles. The van der Waals surface area contributed by atoms with Crippen molar-refractivity contribution in [3.63, 3.8) is 0 Å². The minimum Gasteiger partial charge on any atom is -0.464 e. The molecule has 2 atom stereocenters. The van der Waals surface area contributed by atoms with Gasteiger partial charge in [-0.3, -0.25) is 0 Å². The van der Waals surface area contributed by atoms with Gasteiger partial charge in [-0.15, -0.1) is 0 Å². The standard InChI is InChI=1S/C12H14N2O3/c1-2-17-11(15)10-9(13-12(16)14-10)8-6-4-3-5-7-8/h3-7,9-10H,2H2,1H3,(H2,13,14,16)/t9-,10-/m0/s1. The molecule has 1 aliphatic rings. The molecule has 0 radical (unpaired) electrons. The lowest BCUT2D eigenvalue weighted by Crippen LogP contribution is -2.37. The van der Waals surface area contributed by atoms with Crippen molar-refractivity contribution in [1.82, 2.24) is 10.6 Å². The fourth-order valence-corrected chi connectivity index (χ4v) is 1.85. The Bertz CT molecular complexity index is 419. The predicted molar refractivity (Wildman–Crippen MR) is 61.3 cm³/mol. The zero-order chi connectivity index (χ0) is 12.3. The summed E-state index contributed by atoms with van der Waals surface area (Å²) in [4.78, 5) is 23.0. The summed E-state index contributed by atoms with van der Waals surface area (Å²) < 4.78 is 4.93. The maximum absolute atomic E-state index is 11.7. The zero-order valence-electron chi connectivity index (χ0n) is 9.47. The average molecular weight is 234 g/mol. The van der Waals surface area contributed by atoms with Gasteiger partial charge in [0, 0.05) is 0 Å². The third kappa shape index (κ3) is 2.38. The molecule has 0 saturated carbocycles. The maximum atomic E-state index is 11.7. The van der Waals surface area contributed by atoms with Crippen LogP contribution in [0.5, 0.6) is 0 Å². The summed E-state index contributed by atoms with van der Waals surface area (Å²) in [5.74, 6) is -0.417. The first kappa shape index (κ1) is 11.4. The Kier molecular flexibility index (Phi) is 3.27. The molecule has 0 bridgehead atoms. The molecule has 1 heterocycles. The zero-order valence-corrected chi connectivity index (χ0v) is 9.47. The second-order valence-corrected chi connectivity index (χ2v) is 3.74. The maximum Gasteiger partial charge on any atom is 0.331 e. The number of urea groups is 1. The van der Waals surface area contributed by atoms with Crippen LogP contribution in [0.25, 0.3) is 0 Å². The highest BCUT2D eigenvalue weighted by Gasteiger charge is 2.38. The first-order valence-corrected chi connectivity index (χ1v) is 5.51. The molecule has 0 unspecified atom stereocenters. The van der Waals surface area contributed by atoms with Crippen LogP contribution in [0.1, 0.15) is 18.5 Å². The summed E-state index contributed by atoms with van der Waals surface area (Å²) in [6.07, 6.45) is 0. The van der Waals surface area contributed by atoms with Crippen LogP contribution >= 0.6 is 0 Å². The topological polar surface area (TPSA) is 67.4 Å². The fourth-order valence-electron chi connectivity index (χ4n) is 1.85. The van der Waals surface area contributed by atoms with Gasteiger partial charge in [-0.25, -0.2) is 9.59 Å². The van der Waals surface area contributed by atoms with Crippen molar-refractivity contribution in [2.75, 3.05) is 6.61 Å². The highest BCUT2D eigenvalue weighted by atomic mass is 16.5. The first-order valence-electron chi connectivity index (χ1n) is 5.51. The van der Waals surface area contributed by atoms with E-state index in [0.717, 1.165) is 5.56 Å². The van der Waals surface area contributed by atoms with E-state index in [0.29, 0.717) is 6.61 Å². The molecule has 1 aromatic carbocycles. The summed E-state index contributed by atoms with van der Waals surface area (Å²) in [6, 6.07) is 7.95. The average Bonchev–Trinajstić information content (AvgIpc) is 2.73. The monoisotopic (exact) mass is 234 g/mol. The molecule has 1 aromatic rings. The van der Waals surface area contributed by atoms with E-state index >= 15 is 0 Å². The van der Waals surface area contributed by atoms with Crippen LogP contribution in [0.3, 0.4) is 0 Å². The van der Waals surface area contributed by atoms with Gasteiger partial charge in [0.15, 0.2) is 6.04 Å². The van der Waals surface area contributed by atoms with E-state index in [1.807, 2.05) is 30.3 Å². The van der Waals surface area contributed by atoms with Gasteiger partial charge in [0.25, 0.3) is 0 Å². The van der Waals surface area contributed by atoms with E-state index in [-0.39, 0.29) is 12.1 Å². The van der Waals surface area contributed by atoms with Crippen molar-refractivity contribution >= 4 is 12.0 Å². The summed E-state index contributed by atoms with van der Waals surface area (Å²) in [7, 11) is 0. The molecule has 2 N–H and O–H groups in total. The van der Waals surface area contributed by atoms with Crippen molar-refractivity contribution in [3.05, 3.63) is 35.9 Å². The highest BCUT2D eigenvalue weighted by molar-refractivity contribution is 5.88. The number of hydrogen-bond acceptors (Lipinski definition) is 3. The smallest absolute Gasteiger partial charge is 0.331 e. The molecule has 1 fully saturated rings. The Hall–Kier alpha value is -2.04. The molecule has 17 heavy (non-hydrogen) atoms. The number of rotatable bonds is 3. The van der Waals surface area contributed by atoms with Gasteiger partial charge in [0.2, 0.25) is 0 Å². The lowest BCUT2D eigenvalue weighted by atomic mass is 10.0. The Morgan fingerprint density at radius 1 is 1.29 bits per heavy atom. The van der Waals surface area contributed by atoms with Gasteiger partial charge in [0.05, 0.1) is 12.6 Å². The van der Waals surface area contributed by atoms with Gasteiger partial charge in [-0.05, 0) is 12.5 Å². The Labute approximate surface area is 99.2 Å². The van der Waals surface area contributed by atoms with Crippen LogP contribution in [-0.4, -0.2) is 24.6 Å². The molecule has 5 heteroatoms. The number of amides is 2. The van der Waals surface area contributed by atoms with Crippen molar-refractivity contribution in [1.29, 1.82) is 0 Å². The number of carbonyl (C=O) groups excluding carboxylic acids is 2. The van der Waals surface area contributed by atoms with Gasteiger partial charge in [0.1, 0.15) is 0 Å². The Balaban J connectivity index is 2.20. The van der Waals surface area contributed by atoms with Crippen molar-refractivity contribution in [2.45, 2.75) is 19.0 Å². The molecule has 2 rings (SSSR count). The van der Waals surface area contributed by atoms with Crippen LogP contribution in [0, 0.1) is 0 Å². The summed E-state index contributed by atoms with van der Waals surface area (Å²) in [5.41, 5.74) is 0.879. The molecule has 0 aliphatic carbocycles. The predicted octanol–water partition coefficient (Wildman–Crippen LogP) is 0.972. The van der Waals surface area contributed by atoms with E-state index in [2.05, 4.69) is 10.6 Å². The van der Waals surface area contributed by atoms with Crippen LogP contribution in [0.4, 0.5) is 4.79 Å². The lowest BCUT2D eigenvalue weighted by molar-refractivity contribution is -0.145. The summed E-state index contributed by atoms with van der Waals surface area (Å²) in [5, 5.41) is 5.27. The summed E-state index contributed by atoms with van der Waals surface area (Å²) in [6.45, 7) is 2.03. The first-order chi connectivity index (χ1) is 8.22. The minimum absolute atomic E-state index is 0.298. The quantitative estimate of drug-likeness (QED) is 0.766. The van der Waals surface area contributed by atoms with E-state index in [1.54, 1.807) is 6.92 Å². The second-order valence-electron chi connectivity index (χ2n) is 3.74. The SMILES string of the molecule is CCOC(=O)[C@H]1NC(=O)N[C@H]1c1ccccc1. The molecule has 90 valence electrons.